The van der Waals surface area contributed by atoms with Crippen LogP contribution >= 0.6 is 0 Å². The van der Waals surface area contributed by atoms with E-state index in [1.54, 1.807) is 0 Å². The van der Waals surface area contributed by atoms with Gasteiger partial charge in [0.2, 0.25) is 0 Å². The number of nitrogens with two attached hydrogens (primary N) is 1. The van der Waals surface area contributed by atoms with Crippen molar-refractivity contribution < 1.29 is 19.3 Å². The Hall–Kier alpha value is -2.04. The van der Waals surface area contributed by atoms with Gasteiger partial charge < -0.3 is 20.7 Å². The molecular weight excluding hydrogens is 273 g/mol. The van der Waals surface area contributed by atoms with E-state index in [4.69, 9.17) is 15.6 Å². The van der Waals surface area contributed by atoms with Gasteiger partial charge in [0.1, 0.15) is 23.5 Å². The zero-order valence-corrected chi connectivity index (χ0v) is 10.1. The molecule has 0 saturated carbocycles. The summed E-state index contributed by atoms with van der Waals surface area (Å²) in [4.78, 5) is 21.2. The molecule has 0 bridgehead atoms. The number of alkyl halides is 1. The lowest BCUT2D eigenvalue weighted by Gasteiger charge is -2.14. The number of fused-ring (bicyclic) bond motifs is 1. The van der Waals surface area contributed by atoms with E-state index in [1.165, 1.54) is 10.9 Å². The molecule has 0 radical (unpaired) electrons. The summed E-state index contributed by atoms with van der Waals surface area (Å²) < 4.78 is 20.4. The molecule has 1 aliphatic rings. The summed E-state index contributed by atoms with van der Waals surface area (Å²) in [6.45, 7) is -0.527. The standard InChI is InChI=1S/C10H12FN5O4/c11-4-6(18)3(1-17)20-9(4)16-2-13-5-7(12)14-10(19)15-8(5)16/h2-4,6,9,17-18H,1H2,(H3,12,14,15,19)/t3-,4-,6-,9-/m1/s1. The van der Waals surface area contributed by atoms with Crippen LogP contribution in [0.4, 0.5) is 10.2 Å². The predicted molar refractivity (Wildman–Crippen MR) is 64.5 cm³/mol. The maximum absolute atomic E-state index is 14.0. The Kier molecular flexibility index (Phi) is 2.92. The highest BCUT2D eigenvalue weighted by atomic mass is 19.1. The molecule has 0 amide bonds. The molecule has 20 heavy (non-hydrogen) atoms. The van der Waals surface area contributed by atoms with Crippen LogP contribution in [0.3, 0.4) is 0 Å². The Bertz CT molecular complexity index is 701. The number of nitrogens with one attached hydrogen (secondary N) is 1. The molecule has 0 unspecified atom stereocenters. The SMILES string of the molecule is Nc1[nH]c(=O)nc2c1ncn2[C@@H]1O[C@H](CO)[C@@H](O)[C@H]1F. The fraction of sp³-hybridized carbons (Fsp3) is 0.500. The summed E-state index contributed by atoms with van der Waals surface area (Å²) in [5.41, 5.74) is 5.13. The quantitative estimate of drug-likeness (QED) is 0.515. The highest BCUT2D eigenvalue weighted by Crippen LogP contribution is 2.33. The van der Waals surface area contributed by atoms with Crippen LogP contribution in [0.5, 0.6) is 0 Å². The molecule has 2 aromatic heterocycles. The first-order valence-corrected chi connectivity index (χ1v) is 5.83. The summed E-state index contributed by atoms with van der Waals surface area (Å²) in [7, 11) is 0. The Morgan fingerprint density at radius 2 is 2.35 bits per heavy atom. The van der Waals surface area contributed by atoms with Crippen molar-refractivity contribution in [2.45, 2.75) is 24.6 Å². The van der Waals surface area contributed by atoms with Crippen molar-refractivity contribution in [3.63, 3.8) is 0 Å². The van der Waals surface area contributed by atoms with Crippen LogP contribution < -0.4 is 11.4 Å². The average Bonchev–Trinajstić information content (AvgIpc) is 2.93. The van der Waals surface area contributed by atoms with Gasteiger partial charge in [-0.25, -0.2) is 14.2 Å². The van der Waals surface area contributed by atoms with Gasteiger partial charge in [-0.15, -0.1) is 0 Å². The normalized spacial score (nSPS) is 30.1. The maximum atomic E-state index is 14.0. The number of rotatable bonds is 2. The van der Waals surface area contributed by atoms with Crippen molar-refractivity contribution in [3.8, 4) is 0 Å². The van der Waals surface area contributed by atoms with Crippen LogP contribution in [0.25, 0.3) is 11.2 Å². The third-order valence-corrected chi connectivity index (χ3v) is 3.22. The number of nitrogen functional groups attached to an aromatic ring is 1. The minimum Gasteiger partial charge on any atom is -0.394 e. The van der Waals surface area contributed by atoms with Crippen molar-refractivity contribution in [2.24, 2.45) is 0 Å². The first-order chi connectivity index (χ1) is 9.52. The first-order valence-electron chi connectivity index (χ1n) is 5.83. The topological polar surface area (TPSA) is 139 Å². The molecule has 3 heterocycles. The number of halogens is 1. The number of aromatic nitrogens is 4. The molecule has 1 aliphatic heterocycles. The molecule has 1 saturated heterocycles. The number of hydrogen-bond donors (Lipinski definition) is 4. The zero-order chi connectivity index (χ0) is 14.4. The van der Waals surface area contributed by atoms with Gasteiger partial charge >= 0.3 is 5.69 Å². The predicted octanol–water partition coefficient (Wildman–Crippen LogP) is -1.71. The smallest absolute Gasteiger partial charge is 0.348 e. The lowest BCUT2D eigenvalue weighted by atomic mass is 10.1. The minimum absolute atomic E-state index is 0.00594. The number of imidazole rings is 1. The van der Waals surface area contributed by atoms with Crippen molar-refractivity contribution in [1.82, 2.24) is 19.5 Å². The van der Waals surface area contributed by atoms with E-state index in [2.05, 4.69) is 15.0 Å². The number of aromatic amines is 1. The number of aliphatic hydroxyl groups excluding tert-OH is 2. The molecule has 10 heteroatoms. The van der Waals surface area contributed by atoms with Crippen molar-refractivity contribution in [3.05, 3.63) is 16.8 Å². The number of H-pyrrole nitrogens is 1. The summed E-state index contributed by atoms with van der Waals surface area (Å²) in [6.07, 6.45) is -4.33. The Morgan fingerprint density at radius 3 is 3.00 bits per heavy atom. The number of anilines is 1. The number of nitrogens with zero attached hydrogens (tertiary/aromatic N) is 3. The average molecular weight is 285 g/mol. The molecule has 0 spiro atoms. The van der Waals surface area contributed by atoms with E-state index in [0.29, 0.717) is 0 Å². The van der Waals surface area contributed by atoms with Crippen LogP contribution in [0.1, 0.15) is 6.23 Å². The van der Waals surface area contributed by atoms with E-state index >= 15 is 0 Å². The zero-order valence-electron chi connectivity index (χ0n) is 10.1. The lowest BCUT2D eigenvalue weighted by Crippen LogP contribution is -2.30. The lowest BCUT2D eigenvalue weighted by molar-refractivity contribution is -0.0459. The Balaban J connectivity index is 2.09. The van der Waals surface area contributed by atoms with Gasteiger partial charge in [0.15, 0.2) is 18.0 Å². The van der Waals surface area contributed by atoms with Crippen LogP contribution in [0.15, 0.2) is 11.1 Å². The first kappa shape index (κ1) is 13.0. The van der Waals surface area contributed by atoms with Gasteiger partial charge in [-0.3, -0.25) is 9.55 Å². The summed E-state index contributed by atoms with van der Waals surface area (Å²) in [6, 6.07) is 0. The summed E-state index contributed by atoms with van der Waals surface area (Å²) in [5.74, 6) is 0.00594. The highest BCUT2D eigenvalue weighted by Gasteiger charge is 2.45. The third kappa shape index (κ3) is 1.77. The fourth-order valence-electron chi connectivity index (χ4n) is 2.22. The second-order valence-electron chi connectivity index (χ2n) is 4.46. The molecule has 3 rings (SSSR count). The van der Waals surface area contributed by atoms with E-state index in [-0.39, 0.29) is 17.0 Å². The second kappa shape index (κ2) is 4.51. The van der Waals surface area contributed by atoms with E-state index in [1.807, 2.05) is 0 Å². The van der Waals surface area contributed by atoms with Crippen molar-refractivity contribution in [1.29, 1.82) is 0 Å². The fourth-order valence-corrected chi connectivity index (χ4v) is 2.22. The monoisotopic (exact) mass is 285 g/mol. The summed E-state index contributed by atoms with van der Waals surface area (Å²) in [5, 5.41) is 18.6. The van der Waals surface area contributed by atoms with Gasteiger partial charge in [-0.05, 0) is 0 Å². The number of aliphatic hydroxyl groups is 2. The van der Waals surface area contributed by atoms with Gasteiger partial charge in [-0.1, -0.05) is 0 Å². The van der Waals surface area contributed by atoms with Crippen LogP contribution in [0.2, 0.25) is 0 Å². The van der Waals surface area contributed by atoms with Crippen LogP contribution in [-0.2, 0) is 4.74 Å². The van der Waals surface area contributed by atoms with Crippen LogP contribution in [-0.4, -0.2) is 54.7 Å². The van der Waals surface area contributed by atoms with Crippen molar-refractivity contribution in [2.75, 3.05) is 12.3 Å². The molecule has 9 nitrogen and oxygen atoms in total. The molecule has 1 fully saturated rings. The molecule has 2 aromatic rings. The van der Waals surface area contributed by atoms with Gasteiger partial charge in [0.05, 0.1) is 12.9 Å². The van der Waals surface area contributed by atoms with E-state index < -0.39 is 36.9 Å². The molecule has 4 atom stereocenters. The molecule has 5 N–H and O–H groups in total. The second-order valence-corrected chi connectivity index (χ2v) is 4.46. The summed E-state index contributed by atoms with van der Waals surface area (Å²) >= 11 is 0. The van der Waals surface area contributed by atoms with Gasteiger partial charge in [-0.2, -0.15) is 4.98 Å². The molecular formula is C10H12FN5O4. The number of hydrogen-bond acceptors (Lipinski definition) is 7. The van der Waals surface area contributed by atoms with E-state index in [0.717, 1.165) is 0 Å². The van der Waals surface area contributed by atoms with E-state index in [9.17, 15) is 14.3 Å². The minimum atomic E-state index is -1.79. The maximum Gasteiger partial charge on any atom is 0.348 e. The van der Waals surface area contributed by atoms with Crippen LogP contribution in [0, 0.1) is 0 Å². The largest absolute Gasteiger partial charge is 0.394 e. The highest BCUT2D eigenvalue weighted by molar-refractivity contribution is 5.81. The molecule has 108 valence electrons. The van der Waals surface area contributed by atoms with Gasteiger partial charge in [0.25, 0.3) is 0 Å². The molecule has 0 aliphatic carbocycles. The number of ether oxygens (including phenoxy) is 1. The van der Waals surface area contributed by atoms with Crippen molar-refractivity contribution >= 4 is 17.0 Å². The van der Waals surface area contributed by atoms with Gasteiger partial charge in [0, 0.05) is 0 Å². The Morgan fingerprint density at radius 1 is 1.60 bits per heavy atom. The Labute approximate surface area is 110 Å². The molecule has 0 aromatic carbocycles. The third-order valence-electron chi connectivity index (χ3n) is 3.22.